The molecule has 0 radical (unpaired) electrons. The lowest BCUT2D eigenvalue weighted by molar-refractivity contribution is -0.136. The highest BCUT2D eigenvalue weighted by Crippen LogP contribution is 2.31. The Balaban J connectivity index is 0.802. The van der Waals surface area contributed by atoms with Crippen molar-refractivity contribution >= 4 is 47.0 Å². The van der Waals surface area contributed by atoms with Crippen molar-refractivity contribution in [1.82, 2.24) is 30.4 Å². The van der Waals surface area contributed by atoms with Crippen molar-refractivity contribution in [3.8, 4) is 17.6 Å². The summed E-state index contributed by atoms with van der Waals surface area (Å²) in [6.07, 6.45) is 7.19. The quantitative estimate of drug-likeness (QED) is 0.216. The first-order valence-electron chi connectivity index (χ1n) is 18.1. The fraction of sp³-hybridized carbons (Fsp3) is 0.421. The van der Waals surface area contributed by atoms with Gasteiger partial charge in [-0.15, -0.1) is 0 Å². The number of ether oxygens (including phenoxy) is 2. The fourth-order valence-electron chi connectivity index (χ4n) is 7.26. The van der Waals surface area contributed by atoms with Crippen LogP contribution < -0.4 is 25.0 Å². The maximum atomic E-state index is 13.1. The number of imide groups is 2. The molecule has 2 N–H and O–H groups in total. The number of piperazine rings is 1. The van der Waals surface area contributed by atoms with Gasteiger partial charge in [0.25, 0.3) is 17.7 Å². The van der Waals surface area contributed by atoms with Gasteiger partial charge in [0.1, 0.15) is 35.1 Å². The van der Waals surface area contributed by atoms with E-state index in [1.165, 1.54) is 12.3 Å². The second kappa shape index (κ2) is 16.2. The maximum Gasteiger partial charge on any atom is 0.271 e. The van der Waals surface area contributed by atoms with Crippen molar-refractivity contribution in [1.29, 1.82) is 5.26 Å². The minimum atomic E-state index is -1.01. The van der Waals surface area contributed by atoms with Crippen molar-refractivity contribution in [2.45, 2.75) is 63.1 Å². The number of hydrogen-bond acceptors (Lipinski definition) is 12. The number of fused-ring (bicyclic) bond motifs is 1. The summed E-state index contributed by atoms with van der Waals surface area (Å²) < 4.78 is 12.0. The van der Waals surface area contributed by atoms with E-state index in [1.807, 2.05) is 6.07 Å². The molecule has 1 saturated carbocycles. The maximum absolute atomic E-state index is 13.1. The number of rotatable bonds is 11. The number of nitrogens with zero attached hydrogens (tertiary/aromatic N) is 6. The molecule has 2 aromatic carbocycles. The molecule has 5 amide bonds. The summed E-state index contributed by atoms with van der Waals surface area (Å²) >= 11 is 6.13. The Hall–Kier alpha value is -5.59. The Morgan fingerprint density at radius 1 is 0.926 bits per heavy atom. The zero-order valence-corrected chi connectivity index (χ0v) is 30.2. The fourth-order valence-corrected chi connectivity index (χ4v) is 7.47. The second-order valence-corrected chi connectivity index (χ2v) is 14.2. The van der Waals surface area contributed by atoms with Crippen LogP contribution in [0.5, 0.6) is 11.5 Å². The Kier molecular flexibility index (Phi) is 11.0. The number of nitriles is 1. The van der Waals surface area contributed by atoms with Crippen LogP contribution in [0.25, 0.3) is 0 Å². The molecule has 4 heterocycles. The van der Waals surface area contributed by atoms with Gasteiger partial charge in [-0.2, -0.15) is 5.26 Å². The van der Waals surface area contributed by atoms with Gasteiger partial charge in [-0.3, -0.25) is 39.1 Å². The minimum absolute atomic E-state index is 0.00977. The number of anilines is 1. The third kappa shape index (κ3) is 8.14. The molecule has 3 aromatic rings. The number of piperidine rings is 1. The zero-order valence-electron chi connectivity index (χ0n) is 29.5. The molecule has 0 bridgehead atoms. The summed E-state index contributed by atoms with van der Waals surface area (Å²) in [5.74, 6) is -0.613. The highest BCUT2D eigenvalue weighted by molar-refractivity contribution is 6.31. The molecule has 1 atom stereocenters. The predicted octanol–water partition coefficient (Wildman–Crippen LogP) is 3.11. The Morgan fingerprint density at radius 2 is 1.69 bits per heavy atom. The van der Waals surface area contributed by atoms with Crippen molar-refractivity contribution in [3.63, 3.8) is 0 Å². The number of carbonyl (C=O) groups excluding carboxylic acids is 5. The highest BCUT2D eigenvalue weighted by Gasteiger charge is 2.44. The van der Waals surface area contributed by atoms with E-state index in [-0.39, 0.29) is 47.7 Å². The third-order valence-electron chi connectivity index (χ3n) is 10.2. The first-order chi connectivity index (χ1) is 26.2. The van der Waals surface area contributed by atoms with Crippen LogP contribution in [0.4, 0.5) is 5.82 Å². The van der Waals surface area contributed by atoms with Crippen LogP contribution in [0.2, 0.25) is 5.02 Å². The van der Waals surface area contributed by atoms with E-state index >= 15 is 0 Å². The third-order valence-corrected chi connectivity index (χ3v) is 10.6. The molecule has 1 aliphatic carbocycles. The summed E-state index contributed by atoms with van der Waals surface area (Å²) in [6.45, 7) is 4.37. The average molecular weight is 755 g/mol. The lowest BCUT2D eigenvalue weighted by Gasteiger charge is -2.35. The Bertz CT molecular complexity index is 1990. The van der Waals surface area contributed by atoms with E-state index in [0.717, 1.165) is 75.5 Å². The van der Waals surface area contributed by atoms with Crippen LogP contribution in [0, 0.1) is 11.3 Å². The van der Waals surface area contributed by atoms with Crippen molar-refractivity contribution in [2.75, 3.05) is 44.2 Å². The molecular formula is C38H39ClN8O7. The SMILES string of the molecule is N#Cc1ccc(O[C@H]2CC[C@H](NC(=O)c3cnc(N4CCN(CCCOc5ccc6c(c5)C(=O)N(C5CCC(=O)NC5=O)C6=O)CC4)cn3)CC2)cc1Cl. The highest BCUT2D eigenvalue weighted by atomic mass is 35.5. The molecule has 3 aliphatic heterocycles. The van der Waals surface area contributed by atoms with Crippen LogP contribution in [0.3, 0.4) is 0 Å². The molecule has 3 fully saturated rings. The first-order valence-corrected chi connectivity index (χ1v) is 18.5. The Labute approximate surface area is 316 Å². The molecule has 1 aromatic heterocycles. The van der Waals surface area contributed by atoms with E-state index < -0.39 is 29.7 Å². The van der Waals surface area contributed by atoms with Gasteiger partial charge >= 0.3 is 0 Å². The van der Waals surface area contributed by atoms with E-state index in [9.17, 15) is 24.0 Å². The lowest BCUT2D eigenvalue weighted by atomic mass is 9.93. The summed E-state index contributed by atoms with van der Waals surface area (Å²) in [5, 5.41) is 14.7. The minimum Gasteiger partial charge on any atom is -0.494 e. The van der Waals surface area contributed by atoms with Crippen molar-refractivity contribution < 1.29 is 33.4 Å². The van der Waals surface area contributed by atoms with E-state index in [4.69, 9.17) is 26.3 Å². The molecular weight excluding hydrogens is 716 g/mol. The number of aromatic nitrogens is 2. The molecule has 54 heavy (non-hydrogen) atoms. The van der Waals surface area contributed by atoms with Gasteiger partial charge < -0.3 is 19.7 Å². The zero-order chi connectivity index (χ0) is 37.8. The molecule has 7 rings (SSSR count). The lowest BCUT2D eigenvalue weighted by Crippen LogP contribution is -2.54. The molecule has 0 spiro atoms. The van der Waals surface area contributed by atoms with Crippen LogP contribution in [0.15, 0.2) is 48.8 Å². The molecule has 1 unspecified atom stereocenters. The smallest absolute Gasteiger partial charge is 0.271 e. The number of benzene rings is 2. The second-order valence-electron chi connectivity index (χ2n) is 13.8. The standard InChI is InChI=1S/C38H39ClN8O7/c39-30-19-27(5-2-23(30)20-40)54-25-6-3-24(4-7-25)43-35(49)31-21-42-33(22-41-31)46-15-13-45(14-16-46)12-1-17-53-26-8-9-28-29(18-26)38(52)47(37(28)51)32-10-11-34(48)44-36(32)50/h2,5,8-9,18-19,21-22,24-25,32H,1,3-4,6-7,10-17H2,(H,43,49)(H,44,48,50)/t24-,25-,32?. The predicted molar refractivity (Wildman–Crippen MR) is 194 cm³/mol. The number of hydrogen-bond donors (Lipinski definition) is 2. The molecule has 15 nitrogen and oxygen atoms in total. The number of carbonyl (C=O) groups is 5. The molecule has 16 heteroatoms. The van der Waals surface area contributed by atoms with Crippen molar-refractivity contribution in [3.05, 3.63) is 76.2 Å². The molecule has 4 aliphatic rings. The van der Waals surface area contributed by atoms with Crippen LogP contribution >= 0.6 is 11.6 Å². The van der Waals surface area contributed by atoms with Gasteiger partial charge in [-0.05, 0) is 68.9 Å². The average Bonchev–Trinajstić information content (AvgIpc) is 3.42. The molecule has 280 valence electrons. The summed E-state index contributed by atoms with van der Waals surface area (Å²) in [7, 11) is 0. The van der Waals surface area contributed by atoms with Crippen molar-refractivity contribution in [2.24, 2.45) is 0 Å². The van der Waals surface area contributed by atoms with Gasteiger partial charge in [0.15, 0.2) is 0 Å². The molecule has 2 saturated heterocycles. The van der Waals surface area contributed by atoms with E-state index in [2.05, 4.69) is 30.4 Å². The largest absolute Gasteiger partial charge is 0.494 e. The van der Waals surface area contributed by atoms with Gasteiger partial charge in [-0.1, -0.05) is 11.6 Å². The van der Waals surface area contributed by atoms with E-state index in [1.54, 1.807) is 36.5 Å². The van der Waals surface area contributed by atoms with Gasteiger partial charge in [0.2, 0.25) is 11.8 Å². The Morgan fingerprint density at radius 3 is 2.39 bits per heavy atom. The van der Waals surface area contributed by atoms with Gasteiger partial charge in [0, 0.05) is 51.3 Å². The number of nitrogens with one attached hydrogen (secondary N) is 2. The summed E-state index contributed by atoms with van der Waals surface area (Å²) in [6, 6.07) is 10.8. The van der Waals surface area contributed by atoms with Crippen LogP contribution in [-0.4, -0.2) is 107 Å². The van der Waals surface area contributed by atoms with Crippen LogP contribution in [-0.2, 0) is 9.59 Å². The van der Waals surface area contributed by atoms with Gasteiger partial charge in [-0.25, -0.2) is 9.97 Å². The number of amides is 5. The summed E-state index contributed by atoms with van der Waals surface area (Å²) in [5.41, 5.74) is 1.08. The van der Waals surface area contributed by atoms with Crippen LogP contribution in [0.1, 0.15) is 81.7 Å². The monoisotopic (exact) mass is 754 g/mol. The van der Waals surface area contributed by atoms with E-state index in [0.29, 0.717) is 28.7 Å². The first kappa shape index (κ1) is 36.8. The topological polar surface area (TPSA) is 187 Å². The number of halogens is 1. The van der Waals surface area contributed by atoms with Gasteiger partial charge in [0.05, 0.1) is 46.8 Å². The summed E-state index contributed by atoms with van der Waals surface area (Å²) in [4.78, 5) is 77.1. The normalized spacial score (nSPS) is 21.7.